The fourth-order valence-corrected chi connectivity index (χ4v) is 5.90. The van der Waals surface area contributed by atoms with Crippen molar-refractivity contribution in [2.45, 2.75) is 43.7 Å². The Morgan fingerprint density at radius 3 is 2.57 bits per heavy atom. The summed E-state index contributed by atoms with van der Waals surface area (Å²) in [5.41, 5.74) is 0.0865. The molecule has 1 saturated carbocycles. The number of piperidine rings is 1. The molecule has 3 atom stereocenters. The van der Waals surface area contributed by atoms with Crippen LogP contribution in [0.3, 0.4) is 0 Å². The number of hydrogen-bond donors (Lipinski definition) is 1. The van der Waals surface area contributed by atoms with E-state index in [1.165, 1.54) is 0 Å². The Bertz CT molecular complexity index is 1210. The number of carbonyl (C=O) groups is 1. The largest absolute Gasteiger partial charge is 0.497 e. The van der Waals surface area contributed by atoms with Crippen LogP contribution in [0.2, 0.25) is 0 Å². The summed E-state index contributed by atoms with van der Waals surface area (Å²) in [5.74, 6) is 1.89. The smallest absolute Gasteiger partial charge is 0.261 e. The Balaban J connectivity index is 1.44. The van der Waals surface area contributed by atoms with Gasteiger partial charge >= 0.3 is 0 Å². The predicted octanol–water partition coefficient (Wildman–Crippen LogP) is 5.13. The number of carbonyl (C=O) groups excluding carboxylic acids is 1. The van der Waals surface area contributed by atoms with Crippen LogP contribution in [0.4, 0.5) is 0 Å². The Kier molecular flexibility index (Phi) is 6.56. The zero-order valence-corrected chi connectivity index (χ0v) is 20.4. The van der Waals surface area contributed by atoms with E-state index in [0.717, 1.165) is 42.0 Å². The van der Waals surface area contributed by atoms with E-state index in [1.54, 1.807) is 14.2 Å². The predicted molar refractivity (Wildman–Crippen MR) is 135 cm³/mol. The molecular formula is C29H33NO5. The molecule has 3 unspecified atom stereocenters. The number of amides is 1. The van der Waals surface area contributed by atoms with E-state index >= 15 is 0 Å². The van der Waals surface area contributed by atoms with Gasteiger partial charge in [-0.15, -0.1) is 0 Å². The third kappa shape index (κ3) is 4.55. The van der Waals surface area contributed by atoms with Crippen LogP contribution in [0.1, 0.15) is 43.7 Å². The van der Waals surface area contributed by atoms with Gasteiger partial charge in [0.2, 0.25) is 0 Å². The highest BCUT2D eigenvalue weighted by Crippen LogP contribution is 2.51. The number of rotatable bonds is 6. The highest BCUT2D eigenvalue weighted by molar-refractivity contribution is 5.84. The molecule has 5 rings (SSSR count). The summed E-state index contributed by atoms with van der Waals surface area (Å²) in [5, 5.41) is 13.8. The van der Waals surface area contributed by atoms with Gasteiger partial charge in [0, 0.05) is 18.0 Å². The van der Waals surface area contributed by atoms with Gasteiger partial charge in [0.25, 0.3) is 5.91 Å². The fourth-order valence-electron chi connectivity index (χ4n) is 5.90. The molecule has 6 heteroatoms. The van der Waals surface area contributed by atoms with Crippen LogP contribution in [0.5, 0.6) is 17.2 Å². The summed E-state index contributed by atoms with van der Waals surface area (Å²) in [4.78, 5) is 15.5. The summed E-state index contributed by atoms with van der Waals surface area (Å²) < 4.78 is 17.2. The zero-order valence-electron chi connectivity index (χ0n) is 20.4. The van der Waals surface area contributed by atoms with Crippen LogP contribution in [-0.4, -0.2) is 48.9 Å². The Morgan fingerprint density at radius 1 is 0.971 bits per heavy atom. The molecule has 0 aromatic heterocycles. The monoisotopic (exact) mass is 475 g/mol. The number of likely N-dealkylation sites (tertiary alicyclic amines) is 1. The van der Waals surface area contributed by atoms with Gasteiger partial charge in [0.05, 0.1) is 25.9 Å². The highest BCUT2D eigenvalue weighted by Gasteiger charge is 2.51. The van der Waals surface area contributed by atoms with Crippen LogP contribution < -0.4 is 14.2 Å². The summed E-state index contributed by atoms with van der Waals surface area (Å²) >= 11 is 0. The standard InChI is InChI=1S/C29H33NO5/c1-33-22-12-13-26(34-2)24(18-22)28-25-9-5-6-14-29(25,32)15-16-30(28)27(31)19-35-23-11-10-20-7-3-4-8-21(20)17-23/h3-4,7-8,10-13,17-18,25,28,32H,5-6,9,14-16,19H2,1-2H3. The first-order chi connectivity index (χ1) is 17.0. The zero-order chi connectivity index (χ0) is 24.4. The lowest BCUT2D eigenvalue weighted by Crippen LogP contribution is -2.57. The van der Waals surface area contributed by atoms with Crippen molar-refractivity contribution in [3.8, 4) is 17.2 Å². The second-order valence-electron chi connectivity index (χ2n) is 9.64. The van der Waals surface area contributed by atoms with Crippen LogP contribution in [-0.2, 0) is 4.79 Å². The molecule has 1 amide bonds. The number of hydrogen-bond acceptors (Lipinski definition) is 5. The first kappa shape index (κ1) is 23.5. The minimum absolute atomic E-state index is 0.0632. The summed E-state index contributed by atoms with van der Waals surface area (Å²) in [7, 11) is 3.26. The van der Waals surface area contributed by atoms with Gasteiger partial charge in [0.1, 0.15) is 17.2 Å². The lowest BCUT2D eigenvalue weighted by atomic mass is 9.66. The van der Waals surface area contributed by atoms with E-state index in [9.17, 15) is 9.90 Å². The van der Waals surface area contributed by atoms with E-state index < -0.39 is 5.60 Å². The molecule has 35 heavy (non-hydrogen) atoms. The van der Waals surface area contributed by atoms with E-state index in [2.05, 4.69) is 6.07 Å². The van der Waals surface area contributed by atoms with Gasteiger partial charge in [-0.1, -0.05) is 43.2 Å². The average Bonchev–Trinajstić information content (AvgIpc) is 2.90. The molecule has 1 aliphatic carbocycles. The van der Waals surface area contributed by atoms with Gasteiger partial charge in [-0.3, -0.25) is 4.79 Å². The summed E-state index contributed by atoms with van der Waals surface area (Å²) in [6.07, 6.45) is 4.23. The van der Waals surface area contributed by atoms with Gasteiger partial charge < -0.3 is 24.2 Å². The van der Waals surface area contributed by atoms with Crippen LogP contribution >= 0.6 is 0 Å². The second kappa shape index (κ2) is 9.78. The molecule has 1 saturated heterocycles. The SMILES string of the molecule is COc1ccc(OC)c(C2C3CCCCC3(O)CCN2C(=O)COc2ccc3ccccc3c2)c1. The molecule has 1 heterocycles. The van der Waals surface area contributed by atoms with E-state index in [4.69, 9.17) is 14.2 Å². The summed E-state index contributed by atoms with van der Waals surface area (Å²) in [6, 6.07) is 19.3. The maximum absolute atomic E-state index is 13.6. The second-order valence-corrected chi connectivity index (χ2v) is 9.64. The first-order valence-electron chi connectivity index (χ1n) is 12.4. The molecule has 2 aliphatic rings. The van der Waals surface area contributed by atoms with Gasteiger partial charge in [0.15, 0.2) is 6.61 Å². The van der Waals surface area contributed by atoms with E-state index in [1.807, 2.05) is 59.5 Å². The number of benzene rings is 3. The third-order valence-corrected chi connectivity index (χ3v) is 7.73. The lowest BCUT2D eigenvalue weighted by molar-refractivity contribution is -0.157. The van der Waals surface area contributed by atoms with E-state index in [0.29, 0.717) is 30.2 Å². The molecule has 1 aliphatic heterocycles. The van der Waals surface area contributed by atoms with Gasteiger partial charge in [-0.05, 0) is 60.4 Å². The fraction of sp³-hybridized carbons (Fsp3) is 0.414. The van der Waals surface area contributed by atoms with Crippen molar-refractivity contribution in [2.75, 3.05) is 27.4 Å². The highest BCUT2D eigenvalue weighted by atomic mass is 16.5. The first-order valence-corrected chi connectivity index (χ1v) is 12.4. The maximum Gasteiger partial charge on any atom is 0.261 e. The van der Waals surface area contributed by atoms with Crippen molar-refractivity contribution in [1.82, 2.24) is 4.90 Å². The van der Waals surface area contributed by atoms with Crippen molar-refractivity contribution in [1.29, 1.82) is 0 Å². The van der Waals surface area contributed by atoms with Crippen molar-refractivity contribution in [3.63, 3.8) is 0 Å². The van der Waals surface area contributed by atoms with Crippen LogP contribution in [0.25, 0.3) is 10.8 Å². The molecule has 0 radical (unpaired) electrons. The van der Waals surface area contributed by atoms with Crippen LogP contribution in [0, 0.1) is 5.92 Å². The molecule has 6 nitrogen and oxygen atoms in total. The normalized spacial score (nSPS) is 24.0. The minimum Gasteiger partial charge on any atom is -0.497 e. The minimum atomic E-state index is -0.785. The topological polar surface area (TPSA) is 68.2 Å². The Labute approximate surface area is 206 Å². The number of methoxy groups -OCH3 is 2. The summed E-state index contributed by atoms with van der Waals surface area (Å²) in [6.45, 7) is 0.407. The van der Waals surface area contributed by atoms with Gasteiger partial charge in [-0.2, -0.15) is 0 Å². The van der Waals surface area contributed by atoms with Crippen molar-refractivity contribution in [3.05, 3.63) is 66.2 Å². The van der Waals surface area contributed by atoms with Gasteiger partial charge in [-0.25, -0.2) is 0 Å². The maximum atomic E-state index is 13.6. The van der Waals surface area contributed by atoms with Crippen molar-refractivity contribution < 1.29 is 24.1 Å². The molecule has 0 spiro atoms. The molecule has 1 N–H and O–H groups in total. The molecule has 3 aromatic carbocycles. The third-order valence-electron chi connectivity index (χ3n) is 7.73. The Hall–Kier alpha value is -3.25. The average molecular weight is 476 g/mol. The number of ether oxygens (including phenoxy) is 3. The number of nitrogens with zero attached hydrogens (tertiary/aromatic N) is 1. The lowest BCUT2D eigenvalue weighted by Gasteiger charge is -2.52. The molecular weight excluding hydrogens is 442 g/mol. The van der Waals surface area contributed by atoms with Crippen molar-refractivity contribution >= 4 is 16.7 Å². The molecule has 3 aromatic rings. The molecule has 0 bridgehead atoms. The van der Waals surface area contributed by atoms with Crippen molar-refractivity contribution in [2.24, 2.45) is 5.92 Å². The van der Waals surface area contributed by atoms with Crippen LogP contribution in [0.15, 0.2) is 60.7 Å². The Morgan fingerprint density at radius 2 is 1.77 bits per heavy atom. The number of fused-ring (bicyclic) bond motifs is 2. The number of aliphatic hydroxyl groups is 1. The molecule has 2 fully saturated rings. The van der Waals surface area contributed by atoms with E-state index in [-0.39, 0.29) is 24.5 Å². The quantitative estimate of drug-likeness (QED) is 0.535. The molecule has 184 valence electrons.